The minimum Gasteiger partial charge on any atom is -0.497 e. The SMILES string of the molecule is COc1ccc(C(OC[C@H]2O[C@@H](n3cnc4c(NCc5cccc(C)c5)ncnc43)C[C@@H]2O)(c2ccccc2)c2ccc(OC)cc2)cc1. The molecule has 4 aromatic carbocycles. The molecule has 250 valence electrons. The summed E-state index contributed by atoms with van der Waals surface area (Å²) in [7, 11) is 3.29. The monoisotopic (exact) mass is 657 g/mol. The second-order valence-electron chi connectivity index (χ2n) is 12.1. The number of hydrogen-bond donors (Lipinski definition) is 2. The third-order valence-corrected chi connectivity index (χ3v) is 9.05. The van der Waals surface area contributed by atoms with Crippen LogP contribution in [0.4, 0.5) is 5.82 Å². The number of imidazole rings is 1. The van der Waals surface area contributed by atoms with Crippen LogP contribution in [0.25, 0.3) is 11.2 Å². The Morgan fingerprint density at radius 1 is 0.837 bits per heavy atom. The number of aryl methyl sites for hydroxylation is 1. The number of ether oxygens (including phenoxy) is 4. The first-order valence-electron chi connectivity index (χ1n) is 16.3. The Labute approximate surface area is 285 Å². The minimum atomic E-state index is -1.03. The lowest BCUT2D eigenvalue weighted by Gasteiger charge is -2.37. The van der Waals surface area contributed by atoms with Crippen LogP contribution in [0.1, 0.15) is 40.5 Å². The van der Waals surface area contributed by atoms with E-state index in [9.17, 15) is 5.11 Å². The fourth-order valence-electron chi connectivity index (χ4n) is 6.52. The molecule has 6 aromatic rings. The van der Waals surface area contributed by atoms with Crippen molar-refractivity contribution in [2.75, 3.05) is 26.1 Å². The van der Waals surface area contributed by atoms with Crippen LogP contribution >= 0.6 is 0 Å². The van der Waals surface area contributed by atoms with Gasteiger partial charge in [-0.3, -0.25) is 4.57 Å². The van der Waals surface area contributed by atoms with E-state index in [4.69, 9.17) is 18.9 Å². The molecule has 0 unspecified atom stereocenters. The molecule has 1 aliphatic heterocycles. The van der Waals surface area contributed by atoms with Gasteiger partial charge in [-0.2, -0.15) is 0 Å². The summed E-state index contributed by atoms with van der Waals surface area (Å²) in [6.45, 7) is 2.78. The second kappa shape index (κ2) is 14.1. The van der Waals surface area contributed by atoms with Crippen LogP contribution in [-0.2, 0) is 21.6 Å². The molecule has 10 heteroatoms. The van der Waals surface area contributed by atoms with Gasteiger partial charge in [0.25, 0.3) is 0 Å². The van der Waals surface area contributed by atoms with E-state index in [0.717, 1.165) is 33.8 Å². The molecule has 2 aromatic heterocycles. The number of benzene rings is 4. The smallest absolute Gasteiger partial charge is 0.167 e. The van der Waals surface area contributed by atoms with Crippen molar-refractivity contribution < 1.29 is 24.1 Å². The average molecular weight is 658 g/mol. The summed E-state index contributed by atoms with van der Waals surface area (Å²) in [4.78, 5) is 13.6. The highest BCUT2D eigenvalue weighted by Gasteiger charge is 2.42. The third-order valence-electron chi connectivity index (χ3n) is 9.05. The maximum absolute atomic E-state index is 11.3. The first-order chi connectivity index (χ1) is 24.0. The van der Waals surface area contributed by atoms with E-state index < -0.39 is 24.0 Å². The zero-order valence-corrected chi connectivity index (χ0v) is 27.7. The summed E-state index contributed by atoms with van der Waals surface area (Å²) in [5.41, 5.74) is 5.29. The minimum absolute atomic E-state index is 0.107. The van der Waals surface area contributed by atoms with Crippen molar-refractivity contribution in [1.29, 1.82) is 0 Å². The topological polar surface area (TPSA) is 113 Å². The molecule has 1 aliphatic rings. The Balaban J connectivity index is 1.16. The number of aliphatic hydroxyl groups excluding tert-OH is 1. The molecule has 0 saturated carbocycles. The van der Waals surface area contributed by atoms with Gasteiger partial charge in [0.1, 0.15) is 35.8 Å². The molecule has 2 N–H and O–H groups in total. The Morgan fingerprint density at radius 3 is 2.16 bits per heavy atom. The van der Waals surface area contributed by atoms with Crippen LogP contribution in [0.5, 0.6) is 11.5 Å². The van der Waals surface area contributed by atoms with Crippen molar-refractivity contribution >= 4 is 17.0 Å². The number of rotatable bonds is 12. The largest absolute Gasteiger partial charge is 0.497 e. The first kappa shape index (κ1) is 32.3. The lowest BCUT2D eigenvalue weighted by Crippen LogP contribution is -2.38. The van der Waals surface area contributed by atoms with Crippen molar-refractivity contribution in [1.82, 2.24) is 19.5 Å². The summed E-state index contributed by atoms with van der Waals surface area (Å²) in [6.07, 6.45) is 1.65. The van der Waals surface area contributed by atoms with Crippen LogP contribution in [0.2, 0.25) is 0 Å². The highest BCUT2D eigenvalue weighted by atomic mass is 16.6. The van der Waals surface area contributed by atoms with Gasteiger partial charge in [0, 0.05) is 13.0 Å². The van der Waals surface area contributed by atoms with Crippen molar-refractivity contribution in [3.05, 3.63) is 144 Å². The lowest BCUT2D eigenvalue weighted by molar-refractivity contribution is -0.0931. The van der Waals surface area contributed by atoms with E-state index in [1.807, 2.05) is 89.5 Å². The fraction of sp³-hybridized carbons (Fsp3) is 0.256. The first-order valence-corrected chi connectivity index (χ1v) is 16.3. The molecule has 7 rings (SSSR count). The third kappa shape index (κ3) is 6.46. The van der Waals surface area contributed by atoms with E-state index >= 15 is 0 Å². The molecular weight excluding hydrogens is 618 g/mol. The Morgan fingerprint density at radius 2 is 1.51 bits per heavy atom. The van der Waals surface area contributed by atoms with Gasteiger partial charge in [0.05, 0.1) is 33.3 Å². The quantitative estimate of drug-likeness (QED) is 0.144. The number of nitrogens with zero attached hydrogens (tertiary/aromatic N) is 4. The van der Waals surface area contributed by atoms with Crippen molar-refractivity contribution in [2.24, 2.45) is 0 Å². The molecule has 0 radical (unpaired) electrons. The van der Waals surface area contributed by atoms with Gasteiger partial charge < -0.3 is 29.4 Å². The van der Waals surface area contributed by atoms with Gasteiger partial charge in [-0.05, 0) is 53.4 Å². The van der Waals surface area contributed by atoms with E-state index in [1.165, 1.54) is 11.9 Å². The van der Waals surface area contributed by atoms with Gasteiger partial charge in [0.2, 0.25) is 0 Å². The standard InChI is InChI=1S/C39H39N5O5/c1-26-8-7-9-27(20-26)22-40-37-36-38(42-24-41-37)44(25-43-36)35-21-33(45)34(49-35)23-48-39(28-10-5-4-6-11-28,29-12-16-31(46-2)17-13-29)30-14-18-32(47-3)19-15-30/h4-20,24-25,33-35,45H,21-23H2,1-3H3,(H,40,41,42)/t33-,34+,35+/m0/s1. The van der Waals surface area contributed by atoms with Gasteiger partial charge in [-0.1, -0.05) is 84.4 Å². The van der Waals surface area contributed by atoms with Crippen LogP contribution < -0.4 is 14.8 Å². The van der Waals surface area contributed by atoms with Crippen molar-refractivity contribution in [3.63, 3.8) is 0 Å². The number of aromatic nitrogens is 4. The van der Waals surface area contributed by atoms with E-state index in [1.54, 1.807) is 20.5 Å². The highest BCUT2D eigenvalue weighted by molar-refractivity contribution is 5.82. The highest BCUT2D eigenvalue weighted by Crippen LogP contribution is 2.43. The summed E-state index contributed by atoms with van der Waals surface area (Å²) < 4.78 is 26.3. The normalized spacial score (nSPS) is 17.7. The predicted octanol–water partition coefficient (Wildman–Crippen LogP) is 6.42. The van der Waals surface area contributed by atoms with E-state index in [0.29, 0.717) is 29.9 Å². The average Bonchev–Trinajstić information content (AvgIpc) is 3.75. The molecule has 3 atom stereocenters. The zero-order chi connectivity index (χ0) is 33.8. The molecule has 49 heavy (non-hydrogen) atoms. The summed E-state index contributed by atoms with van der Waals surface area (Å²) in [5.74, 6) is 2.11. The number of methoxy groups -OCH3 is 2. The number of hydrogen-bond acceptors (Lipinski definition) is 9. The number of nitrogens with one attached hydrogen (secondary N) is 1. The van der Waals surface area contributed by atoms with E-state index in [-0.39, 0.29) is 6.61 Å². The maximum Gasteiger partial charge on any atom is 0.167 e. The number of anilines is 1. The van der Waals surface area contributed by atoms with Crippen molar-refractivity contribution in [3.8, 4) is 11.5 Å². The molecule has 3 heterocycles. The fourth-order valence-corrected chi connectivity index (χ4v) is 6.52. The van der Waals surface area contributed by atoms with Gasteiger partial charge >= 0.3 is 0 Å². The van der Waals surface area contributed by atoms with Crippen LogP contribution in [-0.4, -0.2) is 57.7 Å². The molecule has 0 aliphatic carbocycles. The molecule has 0 spiro atoms. The van der Waals surface area contributed by atoms with E-state index in [2.05, 4.69) is 45.4 Å². The molecule has 0 bridgehead atoms. The maximum atomic E-state index is 11.3. The Bertz CT molecular complexity index is 1950. The van der Waals surface area contributed by atoms with Gasteiger partial charge in [-0.25, -0.2) is 15.0 Å². The van der Waals surface area contributed by atoms with Crippen molar-refractivity contribution in [2.45, 2.75) is 43.9 Å². The molecule has 0 amide bonds. The Hall–Kier alpha value is -5.29. The Kier molecular flexibility index (Phi) is 9.26. The van der Waals surface area contributed by atoms with Gasteiger partial charge in [-0.15, -0.1) is 0 Å². The summed E-state index contributed by atoms with van der Waals surface area (Å²) in [5, 5.41) is 14.7. The molecular formula is C39H39N5O5. The van der Waals surface area contributed by atoms with Crippen LogP contribution in [0.15, 0.2) is 116 Å². The van der Waals surface area contributed by atoms with Crippen LogP contribution in [0.3, 0.4) is 0 Å². The lowest BCUT2D eigenvalue weighted by atomic mass is 9.80. The summed E-state index contributed by atoms with van der Waals surface area (Å²) >= 11 is 0. The predicted molar refractivity (Wildman–Crippen MR) is 187 cm³/mol. The van der Waals surface area contributed by atoms with Gasteiger partial charge in [0.15, 0.2) is 17.0 Å². The molecule has 1 saturated heterocycles. The molecule has 1 fully saturated rings. The zero-order valence-electron chi connectivity index (χ0n) is 27.7. The summed E-state index contributed by atoms with van der Waals surface area (Å²) in [6, 6.07) is 34.1. The number of aliphatic hydroxyl groups is 1. The number of fused-ring (bicyclic) bond motifs is 1. The van der Waals surface area contributed by atoms with Crippen LogP contribution in [0, 0.1) is 6.92 Å². The second-order valence-corrected chi connectivity index (χ2v) is 12.1. The molecule has 10 nitrogen and oxygen atoms in total.